The van der Waals surface area contributed by atoms with E-state index in [0.717, 1.165) is 17.9 Å². The van der Waals surface area contributed by atoms with Gasteiger partial charge in [0.25, 0.3) is 0 Å². The van der Waals surface area contributed by atoms with Crippen LogP contribution in [0.4, 0.5) is 0 Å². The van der Waals surface area contributed by atoms with Gasteiger partial charge in [-0.1, -0.05) is 56.7 Å². The van der Waals surface area contributed by atoms with Gasteiger partial charge in [0.15, 0.2) is 5.82 Å². The zero-order valence-electron chi connectivity index (χ0n) is 12.4. The molecule has 1 fully saturated rings. The summed E-state index contributed by atoms with van der Waals surface area (Å²) >= 11 is 0. The summed E-state index contributed by atoms with van der Waals surface area (Å²) < 4.78 is 2.02. The summed E-state index contributed by atoms with van der Waals surface area (Å²) in [7, 11) is 0. The van der Waals surface area contributed by atoms with Crippen molar-refractivity contribution in [3.05, 3.63) is 42.0 Å². The average Bonchev–Trinajstić information content (AvgIpc) is 2.75. The maximum Gasteiger partial charge on any atom is 0.163 e. The van der Waals surface area contributed by atoms with Gasteiger partial charge in [0, 0.05) is 12.1 Å². The third-order valence-electron chi connectivity index (χ3n) is 4.40. The molecule has 1 heterocycles. The fraction of sp³-hybridized carbons (Fsp3) is 0.529. The van der Waals surface area contributed by atoms with Crippen LogP contribution in [0.15, 0.2) is 30.3 Å². The van der Waals surface area contributed by atoms with Crippen molar-refractivity contribution in [1.82, 2.24) is 14.8 Å². The van der Waals surface area contributed by atoms with Crippen molar-refractivity contribution in [2.24, 2.45) is 5.92 Å². The molecule has 0 unspecified atom stereocenters. The summed E-state index contributed by atoms with van der Waals surface area (Å²) in [5, 5.41) is 18.0. The minimum Gasteiger partial charge on any atom is -0.388 e. The van der Waals surface area contributed by atoms with Gasteiger partial charge in [-0.3, -0.25) is 4.57 Å². The van der Waals surface area contributed by atoms with Crippen molar-refractivity contribution >= 4 is 0 Å². The van der Waals surface area contributed by atoms with E-state index >= 15 is 0 Å². The number of nitrogens with zero attached hydrogens (tertiary/aromatic N) is 3. The van der Waals surface area contributed by atoms with E-state index in [1.165, 1.54) is 38.5 Å². The minimum atomic E-state index is -0.0768. The second-order valence-electron chi connectivity index (χ2n) is 5.92. The number of aliphatic hydroxyl groups is 1. The predicted octanol–water partition coefficient (Wildman–Crippen LogP) is 3.27. The van der Waals surface area contributed by atoms with Crippen LogP contribution in [0.2, 0.25) is 0 Å². The summed E-state index contributed by atoms with van der Waals surface area (Å²) in [5.74, 6) is 2.31. The maximum atomic E-state index is 9.52. The lowest BCUT2D eigenvalue weighted by molar-refractivity contribution is 0.268. The van der Waals surface area contributed by atoms with Gasteiger partial charge < -0.3 is 5.11 Å². The zero-order valence-corrected chi connectivity index (χ0v) is 12.4. The highest BCUT2D eigenvalue weighted by atomic mass is 16.3. The van der Waals surface area contributed by atoms with Crippen LogP contribution in [0.5, 0.6) is 0 Å². The maximum absolute atomic E-state index is 9.52. The first-order valence-corrected chi connectivity index (χ1v) is 7.98. The van der Waals surface area contributed by atoms with Gasteiger partial charge in [0.05, 0.1) is 0 Å². The first-order chi connectivity index (χ1) is 10.4. The Hall–Kier alpha value is -1.68. The normalized spacial score (nSPS) is 16.8. The first-order valence-electron chi connectivity index (χ1n) is 7.98. The number of rotatable bonds is 4. The van der Waals surface area contributed by atoms with Crippen molar-refractivity contribution in [2.45, 2.75) is 51.6 Å². The summed E-state index contributed by atoms with van der Waals surface area (Å²) in [5.41, 5.74) is 1.04. The van der Waals surface area contributed by atoms with Crippen molar-refractivity contribution in [2.75, 3.05) is 0 Å². The van der Waals surface area contributed by atoms with Gasteiger partial charge in [-0.2, -0.15) is 0 Å². The molecule has 3 rings (SSSR count). The molecule has 1 aromatic carbocycles. The summed E-state index contributed by atoms with van der Waals surface area (Å²) in [6, 6.07) is 10.1. The number of aromatic nitrogens is 3. The number of aliphatic hydroxyl groups excluding tert-OH is 1. The Bertz CT molecular complexity index is 557. The van der Waals surface area contributed by atoms with E-state index < -0.39 is 0 Å². The lowest BCUT2D eigenvalue weighted by atomic mass is 9.96. The van der Waals surface area contributed by atoms with Crippen LogP contribution in [0, 0.1) is 5.92 Å². The molecule has 112 valence electrons. The van der Waals surface area contributed by atoms with E-state index in [9.17, 15) is 5.11 Å². The van der Waals surface area contributed by atoms with Crippen molar-refractivity contribution in [1.29, 1.82) is 0 Å². The second-order valence-corrected chi connectivity index (χ2v) is 5.92. The second kappa shape index (κ2) is 6.85. The highest BCUT2D eigenvalue weighted by Crippen LogP contribution is 2.26. The standard InChI is InChI=1S/C17H23N3O/c21-13-17-19-18-16(12-14-8-4-1-2-5-9-14)20(17)15-10-6-3-7-11-15/h3,6-7,10-11,14,21H,1-2,4-5,8-9,12-13H2. The fourth-order valence-electron chi connectivity index (χ4n) is 3.29. The lowest BCUT2D eigenvalue weighted by Crippen LogP contribution is -2.11. The molecule has 0 aliphatic heterocycles. The van der Waals surface area contributed by atoms with E-state index in [1.807, 2.05) is 34.9 Å². The van der Waals surface area contributed by atoms with Crippen LogP contribution in [-0.2, 0) is 13.0 Å². The molecular weight excluding hydrogens is 262 g/mol. The Kier molecular flexibility index (Phi) is 4.65. The van der Waals surface area contributed by atoms with Crippen molar-refractivity contribution in [3.8, 4) is 5.69 Å². The topological polar surface area (TPSA) is 50.9 Å². The average molecular weight is 285 g/mol. The summed E-state index contributed by atoms with van der Waals surface area (Å²) in [6.45, 7) is -0.0768. The van der Waals surface area contributed by atoms with Gasteiger partial charge in [-0.05, 0) is 18.1 Å². The Balaban J connectivity index is 1.86. The largest absolute Gasteiger partial charge is 0.388 e. The number of hydrogen-bond donors (Lipinski definition) is 1. The predicted molar refractivity (Wildman–Crippen MR) is 82.2 cm³/mol. The van der Waals surface area contributed by atoms with Crippen LogP contribution in [0.1, 0.15) is 50.2 Å². The Morgan fingerprint density at radius 2 is 1.62 bits per heavy atom. The van der Waals surface area contributed by atoms with E-state index in [2.05, 4.69) is 10.2 Å². The van der Waals surface area contributed by atoms with E-state index in [1.54, 1.807) is 0 Å². The molecule has 0 radical (unpaired) electrons. The third-order valence-corrected chi connectivity index (χ3v) is 4.40. The quantitative estimate of drug-likeness (QED) is 0.877. The molecule has 1 saturated carbocycles. The number of benzene rings is 1. The van der Waals surface area contributed by atoms with Gasteiger partial charge in [0.2, 0.25) is 0 Å². The molecular formula is C17H23N3O. The molecule has 21 heavy (non-hydrogen) atoms. The molecule has 0 spiro atoms. The van der Waals surface area contributed by atoms with Gasteiger partial charge in [-0.15, -0.1) is 10.2 Å². The van der Waals surface area contributed by atoms with Gasteiger partial charge in [0.1, 0.15) is 12.4 Å². The molecule has 1 aliphatic rings. The lowest BCUT2D eigenvalue weighted by Gasteiger charge is -2.15. The van der Waals surface area contributed by atoms with Gasteiger partial charge >= 0.3 is 0 Å². The van der Waals surface area contributed by atoms with Crippen molar-refractivity contribution < 1.29 is 5.11 Å². The molecule has 1 aliphatic carbocycles. The van der Waals surface area contributed by atoms with Crippen LogP contribution >= 0.6 is 0 Å². The molecule has 2 aromatic rings. The molecule has 4 nitrogen and oxygen atoms in total. The van der Waals surface area contributed by atoms with E-state index in [4.69, 9.17) is 0 Å². The zero-order chi connectivity index (χ0) is 14.5. The monoisotopic (exact) mass is 285 g/mol. The van der Waals surface area contributed by atoms with Gasteiger partial charge in [-0.25, -0.2) is 0 Å². The Morgan fingerprint density at radius 1 is 0.952 bits per heavy atom. The molecule has 4 heteroatoms. The van der Waals surface area contributed by atoms with E-state index in [-0.39, 0.29) is 6.61 Å². The Labute approximate surface area is 125 Å². The highest BCUT2D eigenvalue weighted by molar-refractivity contribution is 5.34. The number of para-hydroxylation sites is 1. The van der Waals surface area contributed by atoms with Crippen LogP contribution in [0.3, 0.4) is 0 Å². The molecule has 0 atom stereocenters. The molecule has 0 amide bonds. The van der Waals surface area contributed by atoms with Crippen LogP contribution < -0.4 is 0 Å². The Morgan fingerprint density at radius 3 is 2.29 bits per heavy atom. The first kappa shape index (κ1) is 14.3. The minimum absolute atomic E-state index is 0.0768. The van der Waals surface area contributed by atoms with Crippen LogP contribution in [-0.4, -0.2) is 19.9 Å². The van der Waals surface area contributed by atoms with E-state index in [0.29, 0.717) is 11.7 Å². The summed E-state index contributed by atoms with van der Waals surface area (Å²) in [4.78, 5) is 0. The molecule has 0 bridgehead atoms. The smallest absolute Gasteiger partial charge is 0.163 e. The fourth-order valence-corrected chi connectivity index (χ4v) is 3.29. The molecule has 1 N–H and O–H groups in total. The highest BCUT2D eigenvalue weighted by Gasteiger charge is 2.19. The summed E-state index contributed by atoms with van der Waals surface area (Å²) in [6.07, 6.45) is 8.93. The SMILES string of the molecule is OCc1nnc(CC2CCCCCC2)n1-c1ccccc1. The third kappa shape index (κ3) is 3.32. The van der Waals surface area contributed by atoms with Crippen molar-refractivity contribution in [3.63, 3.8) is 0 Å². The molecule has 0 saturated heterocycles. The molecule has 1 aromatic heterocycles. The number of hydrogen-bond acceptors (Lipinski definition) is 3. The van der Waals surface area contributed by atoms with Crippen LogP contribution in [0.25, 0.3) is 5.69 Å².